The fourth-order valence-electron chi connectivity index (χ4n) is 2.49. The Morgan fingerprint density at radius 3 is 2.79 bits per heavy atom. The van der Waals surface area contributed by atoms with Crippen LogP contribution in [0.1, 0.15) is 5.69 Å². The van der Waals surface area contributed by atoms with Gasteiger partial charge in [0.25, 0.3) is 0 Å². The fourth-order valence-corrected chi connectivity index (χ4v) is 3.54. The van der Waals surface area contributed by atoms with Crippen molar-refractivity contribution in [2.45, 2.75) is 0 Å². The Hall–Kier alpha value is -2.76. The smallest absolute Gasteiger partial charge is 0.186 e. The highest BCUT2D eigenvalue weighted by Crippen LogP contribution is 2.31. The number of thiazole rings is 1. The van der Waals surface area contributed by atoms with Crippen LogP contribution in [0.4, 0.5) is 16.6 Å². The average molecular weight is 338 g/mol. The van der Waals surface area contributed by atoms with Gasteiger partial charge in [0.2, 0.25) is 0 Å². The molecule has 0 aliphatic carbocycles. The number of morpholine rings is 1. The summed E-state index contributed by atoms with van der Waals surface area (Å²) in [5, 5.41) is 20.8. The summed E-state index contributed by atoms with van der Waals surface area (Å²) >= 11 is 1.67. The van der Waals surface area contributed by atoms with Crippen LogP contribution >= 0.6 is 11.3 Å². The lowest BCUT2D eigenvalue weighted by Crippen LogP contribution is -2.36. The minimum absolute atomic E-state index is 0.300. The molecule has 1 saturated heterocycles. The number of aromatic nitrogens is 3. The molecule has 3 heterocycles. The molecule has 1 N–H and O–H groups in total. The van der Waals surface area contributed by atoms with Crippen LogP contribution in [0.3, 0.4) is 0 Å². The van der Waals surface area contributed by atoms with Crippen LogP contribution in [0.2, 0.25) is 0 Å². The molecular formula is C16H14N6OS. The molecule has 0 radical (unpaired) electrons. The van der Waals surface area contributed by atoms with Crippen LogP contribution in [-0.2, 0) is 4.74 Å². The van der Waals surface area contributed by atoms with E-state index in [0.717, 1.165) is 47.3 Å². The van der Waals surface area contributed by atoms with Crippen LogP contribution < -0.4 is 10.2 Å². The third-order valence-electron chi connectivity index (χ3n) is 3.71. The first kappa shape index (κ1) is 14.8. The van der Waals surface area contributed by atoms with Gasteiger partial charge in [-0.1, -0.05) is 11.3 Å². The first-order valence-electron chi connectivity index (χ1n) is 7.56. The van der Waals surface area contributed by atoms with E-state index in [2.05, 4.69) is 26.5 Å². The summed E-state index contributed by atoms with van der Waals surface area (Å²) in [7, 11) is 0. The number of benzene rings is 1. The molecule has 0 unspecified atom stereocenters. The van der Waals surface area contributed by atoms with Crippen LogP contribution in [0.15, 0.2) is 30.3 Å². The van der Waals surface area contributed by atoms with Gasteiger partial charge in [-0.2, -0.15) is 5.26 Å². The molecule has 8 heteroatoms. The molecule has 0 bridgehead atoms. The van der Waals surface area contributed by atoms with Gasteiger partial charge in [-0.05, 0) is 30.3 Å². The SMILES string of the molecule is N#Cc1ccc(Nc2ccc3nc(N4CCOCC4)sc3c2)nn1. The van der Waals surface area contributed by atoms with Crippen LogP contribution in [0.5, 0.6) is 0 Å². The van der Waals surface area contributed by atoms with Crippen molar-refractivity contribution >= 4 is 38.2 Å². The van der Waals surface area contributed by atoms with Crippen molar-refractivity contribution < 1.29 is 4.74 Å². The first-order chi connectivity index (χ1) is 11.8. The second kappa shape index (κ2) is 6.39. The second-order valence-corrected chi connectivity index (χ2v) is 6.33. The van der Waals surface area contributed by atoms with E-state index >= 15 is 0 Å². The van der Waals surface area contributed by atoms with E-state index in [1.807, 2.05) is 18.2 Å². The highest BCUT2D eigenvalue weighted by atomic mass is 32.1. The Morgan fingerprint density at radius 1 is 1.17 bits per heavy atom. The molecule has 0 atom stereocenters. The predicted molar refractivity (Wildman–Crippen MR) is 92.7 cm³/mol. The fraction of sp³-hybridized carbons (Fsp3) is 0.250. The minimum Gasteiger partial charge on any atom is -0.378 e. The summed E-state index contributed by atoms with van der Waals surface area (Å²) in [6, 6.07) is 11.3. The standard InChI is InChI=1S/C16H14N6OS/c17-10-12-2-4-15(21-20-12)18-11-1-3-13-14(9-11)24-16(19-13)22-5-7-23-8-6-22/h1-4,9H,5-8H2,(H,18,21). The zero-order chi connectivity index (χ0) is 16.4. The van der Waals surface area contributed by atoms with Crippen molar-refractivity contribution in [2.75, 3.05) is 36.5 Å². The van der Waals surface area contributed by atoms with E-state index in [1.165, 1.54) is 0 Å². The van der Waals surface area contributed by atoms with Crippen molar-refractivity contribution in [3.05, 3.63) is 36.0 Å². The molecule has 7 nitrogen and oxygen atoms in total. The summed E-state index contributed by atoms with van der Waals surface area (Å²) in [4.78, 5) is 6.96. The Labute approximate surface area is 142 Å². The number of nitrogens with one attached hydrogen (secondary N) is 1. The van der Waals surface area contributed by atoms with Gasteiger partial charge in [-0.15, -0.1) is 10.2 Å². The maximum atomic E-state index is 8.76. The van der Waals surface area contributed by atoms with E-state index in [0.29, 0.717) is 11.5 Å². The monoisotopic (exact) mass is 338 g/mol. The van der Waals surface area contributed by atoms with Gasteiger partial charge in [0.05, 0.1) is 23.4 Å². The molecule has 1 fully saturated rings. The zero-order valence-corrected chi connectivity index (χ0v) is 13.6. The molecule has 2 aromatic heterocycles. The molecule has 0 saturated carbocycles. The predicted octanol–water partition coefficient (Wildman–Crippen LogP) is 2.54. The lowest BCUT2D eigenvalue weighted by molar-refractivity contribution is 0.122. The van der Waals surface area contributed by atoms with Crippen LogP contribution in [0.25, 0.3) is 10.2 Å². The lowest BCUT2D eigenvalue weighted by atomic mass is 10.3. The van der Waals surface area contributed by atoms with Gasteiger partial charge in [0, 0.05) is 18.8 Å². The summed E-state index contributed by atoms with van der Waals surface area (Å²) in [6.07, 6.45) is 0. The van der Waals surface area contributed by atoms with Crippen molar-refractivity contribution in [2.24, 2.45) is 0 Å². The summed E-state index contributed by atoms with van der Waals surface area (Å²) < 4.78 is 6.50. The number of hydrogen-bond acceptors (Lipinski definition) is 8. The van der Waals surface area contributed by atoms with Crippen molar-refractivity contribution in [3.8, 4) is 6.07 Å². The van der Waals surface area contributed by atoms with Gasteiger partial charge in [-0.25, -0.2) is 4.98 Å². The van der Waals surface area contributed by atoms with E-state index in [1.54, 1.807) is 23.5 Å². The average Bonchev–Trinajstić information content (AvgIpc) is 3.06. The molecule has 24 heavy (non-hydrogen) atoms. The number of rotatable bonds is 3. The maximum Gasteiger partial charge on any atom is 0.186 e. The zero-order valence-electron chi connectivity index (χ0n) is 12.8. The molecule has 0 spiro atoms. The topological polar surface area (TPSA) is 87.0 Å². The summed E-state index contributed by atoms with van der Waals surface area (Å²) in [5.74, 6) is 0.603. The number of hydrogen-bond donors (Lipinski definition) is 1. The van der Waals surface area contributed by atoms with Crippen molar-refractivity contribution in [1.29, 1.82) is 5.26 Å². The molecule has 1 aliphatic heterocycles. The number of nitriles is 1. The molecule has 0 amide bonds. The quantitative estimate of drug-likeness (QED) is 0.785. The van der Waals surface area contributed by atoms with Gasteiger partial charge < -0.3 is 15.0 Å². The molecule has 3 aromatic rings. The molecular weight excluding hydrogens is 324 g/mol. The highest BCUT2D eigenvalue weighted by Gasteiger charge is 2.15. The second-order valence-electron chi connectivity index (χ2n) is 5.32. The van der Waals surface area contributed by atoms with E-state index in [9.17, 15) is 0 Å². The van der Waals surface area contributed by atoms with Crippen molar-refractivity contribution in [3.63, 3.8) is 0 Å². The first-order valence-corrected chi connectivity index (χ1v) is 8.37. The van der Waals surface area contributed by atoms with Gasteiger partial charge >= 0.3 is 0 Å². The molecule has 1 aliphatic rings. The summed E-state index contributed by atoms with van der Waals surface area (Å²) in [5.41, 5.74) is 2.20. The van der Waals surface area contributed by atoms with Gasteiger partial charge in [0.15, 0.2) is 16.6 Å². The van der Waals surface area contributed by atoms with E-state index in [-0.39, 0.29) is 0 Å². The number of nitrogens with zero attached hydrogens (tertiary/aromatic N) is 5. The normalized spacial score (nSPS) is 14.5. The molecule has 4 rings (SSSR count). The molecule has 120 valence electrons. The third kappa shape index (κ3) is 2.99. The van der Waals surface area contributed by atoms with Crippen LogP contribution in [-0.4, -0.2) is 41.5 Å². The molecule has 1 aromatic carbocycles. The van der Waals surface area contributed by atoms with E-state index in [4.69, 9.17) is 15.0 Å². The largest absolute Gasteiger partial charge is 0.378 e. The van der Waals surface area contributed by atoms with Gasteiger partial charge in [-0.3, -0.25) is 0 Å². The Bertz CT molecular complexity index is 895. The van der Waals surface area contributed by atoms with E-state index < -0.39 is 0 Å². The maximum absolute atomic E-state index is 8.76. The minimum atomic E-state index is 0.300. The van der Waals surface area contributed by atoms with Gasteiger partial charge in [0.1, 0.15) is 6.07 Å². The number of fused-ring (bicyclic) bond motifs is 1. The number of anilines is 3. The van der Waals surface area contributed by atoms with Crippen molar-refractivity contribution in [1.82, 2.24) is 15.2 Å². The highest BCUT2D eigenvalue weighted by molar-refractivity contribution is 7.22. The Kier molecular flexibility index (Phi) is 3.94. The third-order valence-corrected chi connectivity index (χ3v) is 4.79. The summed E-state index contributed by atoms with van der Waals surface area (Å²) in [6.45, 7) is 3.26. The Morgan fingerprint density at radius 2 is 2.04 bits per heavy atom. The Balaban J connectivity index is 1.57. The number of ether oxygens (including phenoxy) is 1. The van der Waals surface area contributed by atoms with Crippen LogP contribution in [0, 0.1) is 11.3 Å². The lowest BCUT2D eigenvalue weighted by Gasteiger charge is -2.25.